The monoisotopic (exact) mass is 339 g/mol. The van der Waals surface area contributed by atoms with E-state index in [4.69, 9.17) is 0 Å². The minimum atomic E-state index is -0.372. The van der Waals surface area contributed by atoms with E-state index >= 15 is 0 Å². The topological polar surface area (TPSA) is 137 Å². The molecule has 0 radical (unpaired) electrons. The van der Waals surface area contributed by atoms with Crippen molar-refractivity contribution in [1.29, 1.82) is 0 Å². The summed E-state index contributed by atoms with van der Waals surface area (Å²) in [6.07, 6.45) is 3.68. The van der Waals surface area contributed by atoms with Crippen molar-refractivity contribution in [2.24, 2.45) is 0 Å². The highest BCUT2D eigenvalue weighted by molar-refractivity contribution is 5.93. The molecule has 0 amide bonds. The number of tetrazole rings is 1. The molecule has 0 aliphatic rings. The summed E-state index contributed by atoms with van der Waals surface area (Å²) < 4.78 is 3.12. The standard InChI is InChI=1S/C14H13N9O2/c1-2-8(5-22-7-16-19-21-22)23-6-15-11-3-9-12(4-10(11)14(23)25)17-20-18-13(9)24/h3-4,6-8H,2,5H2,1H3,(H,17,18,24)/t8-/m1/s1. The van der Waals surface area contributed by atoms with Crippen LogP contribution in [0.25, 0.3) is 21.8 Å². The summed E-state index contributed by atoms with van der Waals surface area (Å²) in [5.74, 6) is 0. The largest absolute Gasteiger partial charge is 0.294 e. The zero-order valence-corrected chi connectivity index (χ0v) is 13.2. The molecular weight excluding hydrogens is 326 g/mol. The Balaban J connectivity index is 1.88. The van der Waals surface area contributed by atoms with Gasteiger partial charge in [-0.05, 0) is 29.0 Å². The zero-order chi connectivity index (χ0) is 17.4. The molecule has 4 aromatic rings. The van der Waals surface area contributed by atoms with E-state index in [9.17, 15) is 9.59 Å². The van der Waals surface area contributed by atoms with Gasteiger partial charge < -0.3 is 0 Å². The van der Waals surface area contributed by atoms with Crippen molar-refractivity contribution in [3.8, 4) is 0 Å². The fraction of sp³-hybridized carbons (Fsp3) is 0.286. The smallest absolute Gasteiger partial charge is 0.275 e. The predicted molar refractivity (Wildman–Crippen MR) is 86.9 cm³/mol. The first-order valence-corrected chi connectivity index (χ1v) is 7.64. The minimum absolute atomic E-state index is 0.158. The van der Waals surface area contributed by atoms with Gasteiger partial charge in [-0.1, -0.05) is 12.1 Å². The van der Waals surface area contributed by atoms with E-state index in [-0.39, 0.29) is 17.2 Å². The van der Waals surface area contributed by atoms with Gasteiger partial charge in [-0.2, -0.15) is 0 Å². The van der Waals surface area contributed by atoms with Crippen LogP contribution in [0.3, 0.4) is 0 Å². The second-order valence-corrected chi connectivity index (χ2v) is 5.58. The summed E-state index contributed by atoms with van der Waals surface area (Å²) in [7, 11) is 0. The fourth-order valence-electron chi connectivity index (χ4n) is 2.77. The number of hydrogen-bond donors (Lipinski definition) is 1. The Morgan fingerprint density at radius 3 is 2.76 bits per heavy atom. The van der Waals surface area contributed by atoms with Crippen LogP contribution in [-0.2, 0) is 6.54 Å². The van der Waals surface area contributed by atoms with Gasteiger partial charge >= 0.3 is 0 Å². The van der Waals surface area contributed by atoms with Crippen LogP contribution >= 0.6 is 0 Å². The Morgan fingerprint density at radius 2 is 2.00 bits per heavy atom. The fourth-order valence-corrected chi connectivity index (χ4v) is 2.77. The first-order valence-electron chi connectivity index (χ1n) is 7.64. The predicted octanol–water partition coefficient (Wildman–Crippen LogP) is -0.334. The average Bonchev–Trinajstić information content (AvgIpc) is 3.13. The first-order chi connectivity index (χ1) is 12.2. The first kappa shape index (κ1) is 15.1. The number of rotatable bonds is 4. The van der Waals surface area contributed by atoms with E-state index in [2.05, 4.69) is 35.9 Å². The van der Waals surface area contributed by atoms with Crippen molar-refractivity contribution in [3.63, 3.8) is 0 Å². The molecule has 3 aromatic heterocycles. The maximum atomic E-state index is 12.9. The normalized spacial score (nSPS) is 12.7. The maximum absolute atomic E-state index is 12.9. The van der Waals surface area contributed by atoms with E-state index in [1.807, 2.05) is 6.92 Å². The SMILES string of the molecule is CC[C@H](Cn1cnnn1)n1cnc2cc3c(=O)[nH]nnc3cc2c1=O. The lowest BCUT2D eigenvalue weighted by Gasteiger charge is -2.17. The van der Waals surface area contributed by atoms with Gasteiger partial charge in [0.25, 0.3) is 11.1 Å². The van der Waals surface area contributed by atoms with Crippen molar-refractivity contribution >= 4 is 21.8 Å². The summed E-state index contributed by atoms with van der Waals surface area (Å²) >= 11 is 0. The molecule has 4 rings (SSSR count). The molecule has 0 aliphatic carbocycles. The summed E-state index contributed by atoms with van der Waals surface area (Å²) in [4.78, 5) is 29.1. The van der Waals surface area contributed by atoms with Crippen molar-refractivity contribution in [2.75, 3.05) is 0 Å². The Hall–Kier alpha value is -3.50. The van der Waals surface area contributed by atoms with Crippen molar-refractivity contribution < 1.29 is 0 Å². The lowest BCUT2D eigenvalue weighted by molar-refractivity contribution is 0.382. The molecule has 126 valence electrons. The Labute approximate surface area is 139 Å². The van der Waals surface area contributed by atoms with E-state index < -0.39 is 0 Å². The molecule has 1 aromatic carbocycles. The third-order valence-electron chi connectivity index (χ3n) is 4.11. The van der Waals surface area contributed by atoms with Crippen LogP contribution in [-0.4, -0.2) is 45.2 Å². The molecule has 1 atom stereocenters. The number of aromatic amines is 1. The third-order valence-corrected chi connectivity index (χ3v) is 4.11. The van der Waals surface area contributed by atoms with Crippen LogP contribution in [0, 0.1) is 0 Å². The molecule has 0 unspecified atom stereocenters. The van der Waals surface area contributed by atoms with E-state index in [1.54, 1.807) is 21.4 Å². The molecule has 1 N–H and O–H groups in total. The highest BCUT2D eigenvalue weighted by Gasteiger charge is 2.15. The number of fused-ring (bicyclic) bond motifs is 2. The molecule has 0 saturated carbocycles. The van der Waals surface area contributed by atoms with Crippen LogP contribution < -0.4 is 11.1 Å². The third kappa shape index (κ3) is 2.55. The molecule has 0 spiro atoms. The quantitative estimate of drug-likeness (QED) is 0.499. The maximum Gasteiger partial charge on any atom is 0.275 e. The Morgan fingerprint density at radius 1 is 1.16 bits per heavy atom. The molecular formula is C14H13N9O2. The zero-order valence-electron chi connectivity index (χ0n) is 13.2. The number of hydrogen-bond acceptors (Lipinski definition) is 8. The van der Waals surface area contributed by atoms with Crippen LogP contribution in [0.1, 0.15) is 19.4 Å². The molecule has 11 heteroatoms. The molecule has 25 heavy (non-hydrogen) atoms. The molecule has 0 saturated heterocycles. The summed E-state index contributed by atoms with van der Waals surface area (Å²) in [5.41, 5.74) is 0.197. The van der Waals surface area contributed by atoms with Gasteiger partial charge in [-0.25, -0.2) is 14.8 Å². The highest BCUT2D eigenvalue weighted by atomic mass is 16.1. The molecule has 0 bridgehead atoms. The second-order valence-electron chi connectivity index (χ2n) is 5.58. The summed E-state index contributed by atoms with van der Waals surface area (Å²) in [5, 5.41) is 21.4. The average molecular weight is 339 g/mol. The second kappa shape index (κ2) is 5.85. The number of aromatic nitrogens is 9. The van der Waals surface area contributed by atoms with Crippen molar-refractivity contribution in [3.05, 3.63) is 45.5 Å². The number of benzene rings is 1. The molecule has 0 aliphatic heterocycles. The van der Waals surface area contributed by atoms with Gasteiger partial charge in [0.1, 0.15) is 11.8 Å². The van der Waals surface area contributed by atoms with Gasteiger partial charge in [0.2, 0.25) is 0 Å². The molecule has 0 fully saturated rings. The number of nitrogens with one attached hydrogen (secondary N) is 1. The van der Waals surface area contributed by atoms with Gasteiger partial charge in [0.15, 0.2) is 0 Å². The van der Waals surface area contributed by atoms with Gasteiger partial charge in [0.05, 0.1) is 35.2 Å². The number of H-pyrrole nitrogens is 1. The van der Waals surface area contributed by atoms with E-state index in [0.29, 0.717) is 34.8 Å². The van der Waals surface area contributed by atoms with Crippen LogP contribution in [0.2, 0.25) is 0 Å². The van der Waals surface area contributed by atoms with E-state index in [0.717, 1.165) is 0 Å². The summed E-state index contributed by atoms with van der Waals surface area (Å²) in [6.45, 7) is 2.42. The number of nitrogens with zero attached hydrogens (tertiary/aromatic N) is 8. The Kier molecular flexibility index (Phi) is 3.52. The van der Waals surface area contributed by atoms with Gasteiger partial charge in [-0.3, -0.25) is 14.2 Å². The molecule has 3 heterocycles. The Bertz CT molecular complexity index is 1160. The van der Waals surface area contributed by atoms with Crippen LogP contribution in [0.5, 0.6) is 0 Å². The lowest BCUT2D eigenvalue weighted by Crippen LogP contribution is -2.28. The minimum Gasteiger partial charge on any atom is -0.294 e. The van der Waals surface area contributed by atoms with Crippen LogP contribution in [0.4, 0.5) is 0 Å². The highest BCUT2D eigenvalue weighted by Crippen LogP contribution is 2.16. The van der Waals surface area contributed by atoms with E-state index in [1.165, 1.54) is 12.7 Å². The van der Waals surface area contributed by atoms with Crippen molar-refractivity contribution in [1.82, 2.24) is 45.2 Å². The lowest BCUT2D eigenvalue weighted by atomic mass is 10.1. The van der Waals surface area contributed by atoms with Crippen molar-refractivity contribution in [2.45, 2.75) is 25.9 Å². The molecule has 11 nitrogen and oxygen atoms in total. The van der Waals surface area contributed by atoms with Crippen LogP contribution in [0.15, 0.2) is 34.4 Å². The summed E-state index contributed by atoms with van der Waals surface area (Å²) in [6, 6.07) is 2.93. The van der Waals surface area contributed by atoms with Gasteiger partial charge in [0, 0.05) is 0 Å². The van der Waals surface area contributed by atoms with Gasteiger partial charge in [-0.15, -0.1) is 10.2 Å².